The molecule has 4 heteroatoms. The van der Waals surface area contributed by atoms with E-state index in [2.05, 4.69) is 16.5 Å². The number of nitrogens with zero attached hydrogens (tertiary/aromatic N) is 1. The van der Waals surface area contributed by atoms with Gasteiger partial charge < -0.3 is 0 Å². The smallest absolute Gasteiger partial charge is 0.126 e. The quantitative estimate of drug-likeness (QED) is 0.673. The maximum atomic E-state index is 13.9. The highest BCUT2D eigenvalue weighted by Gasteiger charge is 2.29. The zero-order valence-corrected chi connectivity index (χ0v) is 12.1. The molecule has 3 nitrogen and oxygen atoms in total. The second kappa shape index (κ2) is 5.92. The first-order valence-electron chi connectivity index (χ1n) is 7.36. The van der Waals surface area contributed by atoms with Crippen molar-refractivity contribution in [3.63, 3.8) is 0 Å². The summed E-state index contributed by atoms with van der Waals surface area (Å²) >= 11 is 0. The molecule has 0 aliphatic heterocycles. The van der Waals surface area contributed by atoms with E-state index in [4.69, 9.17) is 5.84 Å². The summed E-state index contributed by atoms with van der Waals surface area (Å²) < 4.78 is 13.9. The summed E-state index contributed by atoms with van der Waals surface area (Å²) in [4.78, 5) is 4.55. The lowest BCUT2D eigenvalue weighted by Crippen LogP contribution is -2.34. The Balaban J connectivity index is 1.99. The molecule has 1 aromatic carbocycles. The Bertz CT molecular complexity index is 642. The van der Waals surface area contributed by atoms with Crippen LogP contribution >= 0.6 is 0 Å². The summed E-state index contributed by atoms with van der Waals surface area (Å²) in [5.74, 6) is 5.77. The van der Waals surface area contributed by atoms with E-state index >= 15 is 0 Å². The van der Waals surface area contributed by atoms with E-state index in [1.165, 1.54) is 5.56 Å². The van der Waals surface area contributed by atoms with Gasteiger partial charge in [-0.15, -0.1) is 0 Å². The van der Waals surface area contributed by atoms with E-state index in [0.29, 0.717) is 5.56 Å². The van der Waals surface area contributed by atoms with Crippen molar-refractivity contribution in [2.24, 2.45) is 5.84 Å². The fourth-order valence-electron chi connectivity index (χ4n) is 3.22. The summed E-state index contributed by atoms with van der Waals surface area (Å²) in [5, 5.41) is 0. The largest absolute Gasteiger partial charge is 0.271 e. The van der Waals surface area contributed by atoms with Gasteiger partial charge in [-0.05, 0) is 55.0 Å². The van der Waals surface area contributed by atoms with Gasteiger partial charge in [-0.3, -0.25) is 16.3 Å². The van der Waals surface area contributed by atoms with Gasteiger partial charge in [0.25, 0.3) is 0 Å². The lowest BCUT2D eigenvalue weighted by atomic mass is 9.79. The first-order chi connectivity index (χ1) is 10.2. The Kier molecular flexibility index (Phi) is 3.99. The normalized spacial score (nSPS) is 19.1. The number of nitrogens with one attached hydrogen (secondary N) is 1. The van der Waals surface area contributed by atoms with Gasteiger partial charge in [-0.1, -0.05) is 18.2 Å². The van der Waals surface area contributed by atoms with Crippen LogP contribution in [-0.4, -0.2) is 4.98 Å². The molecule has 2 atom stereocenters. The second-order valence-corrected chi connectivity index (χ2v) is 5.70. The van der Waals surface area contributed by atoms with Crippen LogP contribution in [0.5, 0.6) is 0 Å². The third-order valence-electron chi connectivity index (χ3n) is 4.38. The van der Waals surface area contributed by atoms with Crippen LogP contribution in [-0.2, 0) is 6.42 Å². The van der Waals surface area contributed by atoms with Crippen molar-refractivity contribution in [3.05, 3.63) is 64.7 Å². The van der Waals surface area contributed by atoms with Crippen LogP contribution in [0.15, 0.2) is 36.5 Å². The predicted molar refractivity (Wildman–Crippen MR) is 81.1 cm³/mol. The van der Waals surface area contributed by atoms with Crippen LogP contribution < -0.4 is 11.3 Å². The Morgan fingerprint density at radius 1 is 1.38 bits per heavy atom. The molecular weight excluding hydrogens is 265 g/mol. The van der Waals surface area contributed by atoms with Gasteiger partial charge in [-0.25, -0.2) is 4.39 Å². The van der Waals surface area contributed by atoms with Gasteiger partial charge in [-0.2, -0.15) is 0 Å². The van der Waals surface area contributed by atoms with Gasteiger partial charge in [0, 0.05) is 17.8 Å². The number of nitrogens with two attached hydrogens (primary N) is 1. The predicted octanol–water partition coefficient (Wildman–Crippen LogP) is 3.15. The topological polar surface area (TPSA) is 50.9 Å². The summed E-state index contributed by atoms with van der Waals surface area (Å²) in [6.45, 7) is 1.77. The Labute approximate surface area is 124 Å². The Morgan fingerprint density at radius 2 is 2.24 bits per heavy atom. The third kappa shape index (κ3) is 2.69. The average molecular weight is 285 g/mol. The van der Waals surface area contributed by atoms with Crippen molar-refractivity contribution in [1.82, 2.24) is 10.4 Å². The van der Waals surface area contributed by atoms with E-state index in [-0.39, 0.29) is 17.8 Å². The number of halogens is 1. The molecule has 0 amide bonds. The molecule has 1 aromatic heterocycles. The fraction of sp³-hybridized carbons (Fsp3) is 0.353. The van der Waals surface area contributed by atoms with Crippen LogP contribution in [0.4, 0.5) is 4.39 Å². The summed E-state index contributed by atoms with van der Waals surface area (Å²) in [6, 6.07) is 9.30. The van der Waals surface area contributed by atoms with Crippen LogP contribution in [0.25, 0.3) is 0 Å². The summed E-state index contributed by atoms with van der Waals surface area (Å²) in [5.41, 5.74) is 6.77. The van der Waals surface area contributed by atoms with Crippen LogP contribution in [0.2, 0.25) is 0 Å². The molecule has 0 spiro atoms. The molecule has 0 radical (unpaired) electrons. The van der Waals surface area contributed by atoms with Crippen molar-refractivity contribution in [2.75, 3.05) is 0 Å². The molecule has 0 fully saturated rings. The van der Waals surface area contributed by atoms with E-state index in [1.54, 1.807) is 19.1 Å². The third-order valence-corrected chi connectivity index (χ3v) is 4.38. The van der Waals surface area contributed by atoms with E-state index in [0.717, 1.165) is 30.5 Å². The molecule has 1 heterocycles. The minimum absolute atomic E-state index is 0.117. The minimum Gasteiger partial charge on any atom is -0.271 e. The number of fused-ring (bicyclic) bond motifs is 1. The van der Waals surface area contributed by atoms with E-state index in [1.807, 2.05) is 18.3 Å². The first-order valence-corrected chi connectivity index (χ1v) is 7.36. The van der Waals surface area contributed by atoms with Gasteiger partial charge in [0.2, 0.25) is 0 Å². The van der Waals surface area contributed by atoms with Crippen molar-refractivity contribution < 1.29 is 4.39 Å². The van der Waals surface area contributed by atoms with Crippen LogP contribution in [0.3, 0.4) is 0 Å². The number of aromatic nitrogens is 1. The van der Waals surface area contributed by atoms with Crippen LogP contribution in [0, 0.1) is 12.7 Å². The molecule has 0 bridgehead atoms. The molecule has 110 valence electrons. The maximum Gasteiger partial charge on any atom is 0.126 e. The summed E-state index contributed by atoms with van der Waals surface area (Å²) in [6.07, 6.45) is 4.99. The standard InChI is InChI=1S/C17H20FN3/c1-11-7-8-13(10-15(11)18)17(21-19)14-6-2-4-12-5-3-9-20-16(12)14/h3,5,7-10,14,17,21H,2,4,6,19H2,1H3. The number of rotatable bonds is 3. The summed E-state index contributed by atoms with van der Waals surface area (Å²) in [7, 11) is 0. The molecule has 0 saturated heterocycles. The zero-order chi connectivity index (χ0) is 14.8. The van der Waals surface area contributed by atoms with E-state index < -0.39 is 0 Å². The molecule has 3 rings (SSSR count). The second-order valence-electron chi connectivity index (χ2n) is 5.70. The van der Waals surface area contributed by atoms with Gasteiger partial charge >= 0.3 is 0 Å². The Hall–Kier alpha value is -1.78. The number of hydrazine groups is 1. The lowest BCUT2D eigenvalue weighted by Gasteiger charge is -2.31. The molecule has 1 aliphatic carbocycles. The minimum atomic E-state index is -0.190. The van der Waals surface area contributed by atoms with Gasteiger partial charge in [0.05, 0.1) is 6.04 Å². The molecular formula is C17H20FN3. The molecule has 0 saturated carbocycles. The van der Waals surface area contributed by atoms with Gasteiger partial charge in [0.15, 0.2) is 0 Å². The maximum absolute atomic E-state index is 13.9. The number of pyridine rings is 1. The van der Waals surface area contributed by atoms with Crippen molar-refractivity contribution in [2.45, 2.75) is 38.1 Å². The van der Waals surface area contributed by atoms with E-state index in [9.17, 15) is 4.39 Å². The van der Waals surface area contributed by atoms with Crippen molar-refractivity contribution in [1.29, 1.82) is 0 Å². The molecule has 2 aromatic rings. The van der Waals surface area contributed by atoms with Crippen molar-refractivity contribution in [3.8, 4) is 0 Å². The average Bonchev–Trinajstić information content (AvgIpc) is 2.52. The monoisotopic (exact) mass is 285 g/mol. The lowest BCUT2D eigenvalue weighted by molar-refractivity contribution is 0.398. The number of benzene rings is 1. The van der Waals surface area contributed by atoms with Crippen LogP contribution in [0.1, 0.15) is 47.2 Å². The first kappa shape index (κ1) is 14.2. The Morgan fingerprint density at radius 3 is 3.00 bits per heavy atom. The fourth-order valence-corrected chi connectivity index (χ4v) is 3.22. The highest BCUT2D eigenvalue weighted by molar-refractivity contribution is 5.33. The highest BCUT2D eigenvalue weighted by atomic mass is 19.1. The zero-order valence-electron chi connectivity index (χ0n) is 12.1. The molecule has 2 unspecified atom stereocenters. The molecule has 21 heavy (non-hydrogen) atoms. The number of hydrogen-bond donors (Lipinski definition) is 2. The van der Waals surface area contributed by atoms with Crippen molar-refractivity contribution >= 4 is 0 Å². The molecule has 1 aliphatic rings. The number of hydrogen-bond acceptors (Lipinski definition) is 3. The SMILES string of the molecule is Cc1ccc(C(NN)C2CCCc3cccnc32)cc1F. The van der Waals surface area contributed by atoms with Gasteiger partial charge in [0.1, 0.15) is 5.82 Å². The number of aryl methyl sites for hydroxylation is 2. The highest BCUT2D eigenvalue weighted by Crippen LogP contribution is 2.39. The molecule has 3 N–H and O–H groups in total.